The second-order valence-corrected chi connectivity index (χ2v) is 5.12. The van der Waals surface area contributed by atoms with Gasteiger partial charge in [-0.05, 0) is 23.9 Å². The van der Waals surface area contributed by atoms with Gasteiger partial charge in [-0.1, -0.05) is 12.1 Å². The van der Waals surface area contributed by atoms with Gasteiger partial charge in [0.25, 0.3) is 0 Å². The van der Waals surface area contributed by atoms with Gasteiger partial charge < -0.3 is 0 Å². The number of hydrogen-bond donors (Lipinski definition) is 1. The molecule has 1 N–H and O–H groups in total. The molecule has 0 fully saturated rings. The highest BCUT2D eigenvalue weighted by Gasteiger charge is 2.30. The minimum absolute atomic E-state index is 1.39. The molecule has 1 aromatic rings. The van der Waals surface area contributed by atoms with Gasteiger partial charge >= 0.3 is 0 Å². The maximum atomic E-state index is 8.49. The van der Waals surface area contributed by atoms with Crippen LogP contribution in [0, 0.1) is 10.2 Å². The second kappa shape index (κ2) is 4.79. The average molecular weight is 274 g/mol. The molecule has 1 unspecified atom stereocenters. The molecule has 0 aliphatic carbocycles. The van der Waals surface area contributed by atoms with Gasteiger partial charge in [-0.25, -0.2) is 23.5 Å². The molecule has 2 heterocycles. The monoisotopic (exact) mass is 273 g/mol. The molecule has 7 heteroatoms. The number of allylic oxidation sites excluding steroid dienone is 2. The molecular weight excluding hydrogens is 266 g/mol. The zero-order valence-electron chi connectivity index (χ0n) is 8.46. The first kappa shape index (κ1) is 12.6. The van der Waals surface area contributed by atoms with E-state index in [4.69, 9.17) is 18.6 Å². The van der Waals surface area contributed by atoms with E-state index in [0.717, 1.165) is 0 Å². The highest BCUT2D eigenvalue weighted by Crippen LogP contribution is 2.35. The van der Waals surface area contributed by atoms with Crippen molar-refractivity contribution in [3.05, 3.63) is 47.6 Å². The van der Waals surface area contributed by atoms with Crippen LogP contribution in [0.5, 0.6) is 0 Å². The lowest BCUT2D eigenvalue weighted by atomic mass is 10.3. The fourth-order valence-electron chi connectivity index (χ4n) is 1.61. The fraction of sp³-hybridized carbons (Fsp3) is 0. The molecule has 90 valence electrons. The summed E-state index contributed by atoms with van der Waals surface area (Å²) in [6, 6.07) is 8.56. The number of hydrogen-bond acceptors (Lipinski definition) is 5. The first-order valence-corrected chi connectivity index (χ1v) is 6.65. The zero-order valence-corrected chi connectivity index (χ0v) is 10.0. The van der Waals surface area contributed by atoms with E-state index in [2.05, 4.69) is 42.6 Å². The Morgan fingerprint density at radius 3 is 2.41 bits per heavy atom. The van der Waals surface area contributed by atoms with E-state index in [0.29, 0.717) is 0 Å². The number of fused-ring (bicyclic) bond motifs is 3. The second-order valence-electron chi connectivity index (χ2n) is 3.28. The highest BCUT2D eigenvalue weighted by molar-refractivity contribution is 8.03. The minimum Gasteiger partial charge on any atom is -0.237 e. The van der Waals surface area contributed by atoms with Gasteiger partial charge in [0.15, 0.2) is 10.7 Å². The fourth-order valence-corrected chi connectivity index (χ4v) is 2.72. The third-order valence-corrected chi connectivity index (χ3v) is 3.32. The Morgan fingerprint density at radius 2 is 1.71 bits per heavy atom. The average Bonchev–Trinajstić information content (AvgIpc) is 2.73. The lowest BCUT2D eigenvalue weighted by Gasteiger charge is -2.17. The molecule has 1 atom stereocenters. The predicted octanol–water partition coefficient (Wildman–Crippen LogP) is -3.08. The number of benzene rings is 1. The van der Waals surface area contributed by atoms with E-state index in [1.807, 2.05) is 11.8 Å². The molecular formula is C10H8ClNO4S. The summed E-state index contributed by atoms with van der Waals surface area (Å²) in [5.41, 5.74) is 1.39. The van der Waals surface area contributed by atoms with Crippen LogP contribution in [-0.4, -0.2) is 0 Å². The molecule has 5 nitrogen and oxygen atoms in total. The van der Waals surface area contributed by atoms with Gasteiger partial charge in [0, 0.05) is 12.1 Å². The first-order valence-electron chi connectivity index (χ1n) is 4.60. The Labute approximate surface area is 104 Å². The molecule has 0 radical (unpaired) electrons. The van der Waals surface area contributed by atoms with E-state index < -0.39 is 10.2 Å². The summed E-state index contributed by atoms with van der Waals surface area (Å²) in [5.74, 6) is 0. The third-order valence-electron chi connectivity index (χ3n) is 2.17. The third kappa shape index (κ3) is 3.30. The summed E-state index contributed by atoms with van der Waals surface area (Å²) in [5, 5.41) is 1.40. The maximum Gasteiger partial charge on any atom is 0.180 e. The summed E-state index contributed by atoms with van der Waals surface area (Å²) >= 11 is 1.87. The van der Waals surface area contributed by atoms with Crippen LogP contribution >= 0.6 is 11.8 Å². The molecule has 2 aliphatic rings. The summed E-state index contributed by atoms with van der Waals surface area (Å²) in [4.78, 5) is 2.79. The summed E-state index contributed by atoms with van der Waals surface area (Å²) in [7, 11) is -4.94. The molecule has 0 spiro atoms. The maximum absolute atomic E-state index is 8.49. The zero-order chi connectivity index (χ0) is 12.5. The standard InChI is InChI=1S/C10H7NS.ClHO4/c1-2-5-9-8(4-1)11-7-3-6-10(11)12-9;2-1(3,4)5/h1-7H;(H,2,3,4,5). The summed E-state index contributed by atoms with van der Waals surface area (Å²) in [6.45, 7) is 0. The number of rotatable bonds is 0. The van der Waals surface area contributed by atoms with Crippen LogP contribution in [0.4, 0.5) is 5.69 Å². The summed E-state index contributed by atoms with van der Waals surface area (Å²) in [6.07, 6.45) is 6.49. The van der Waals surface area contributed by atoms with E-state index in [1.165, 1.54) is 20.5 Å². The number of halogens is 1. The van der Waals surface area contributed by atoms with Gasteiger partial charge in [0.05, 0.1) is 4.90 Å². The van der Waals surface area contributed by atoms with Crippen LogP contribution in [0.3, 0.4) is 0 Å². The Balaban J connectivity index is 0.000000188. The van der Waals surface area contributed by atoms with Gasteiger partial charge in [0.2, 0.25) is 0 Å². The van der Waals surface area contributed by atoms with Crippen molar-refractivity contribution in [3.63, 3.8) is 0 Å². The largest absolute Gasteiger partial charge is 0.237 e. The van der Waals surface area contributed by atoms with Crippen molar-refractivity contribution in [2.45, 2.75) is 4.90 Å². The van der Waals surface area contributed by atoms with Gasteiger partial charge in [-0.15, -0.1) is 10.2 Å². The molecule has 0 saturated heterocycles. The minimum atomic E-state index is -4.94. The molecule has 17 heavy (non-hydrogen) atoms. The van der Waals surface area contributed by atoms with E-state index in [-0.39, 0.29) is 0 Å². The van der Waals surface area contributed by atoms with E-state index in [1.54, 1.807) is 0 Å². The topological polar surface area (TPSA) is 96.7 Å². The predicted molar refractivity (Wildman–Crippen MR) is 50.1 cm³/mol. The SMILES string of the molecule is C1=C[NH+]2C(=C1)Sc1ccccc12.[O-][Cl+3]([O-])([O-])[O-]. The van der Waals surface area contributed by atoms with Gasteiger partial charge in [-0.3, -0.25) is 0 Å². The smallest absolute Gasteiger partial charge is 0.180 e. The van der Waals surface area contributed by atoms with Gasteiger partial charge in [-0.2, -0.15) is 0 Å². The molecule has 2 aliphatic heterocycles. The molecule has 0 amide bonds. The van der Waals surface area contributed by atoms with E-state index in [9.17, 15) is 0 Å². The van der Waals surface area contributed by atoms with Crippen LogP contribution in [0.25, 0.3) is 0 Å². The van der Waals surface area contributed by atoms with Crippen LogP contribution in [0.15, 0.2) is 52.5 Å². The number of para-hydroxylation sites is 1. The quantitative estimate of drug-likeness (QED) is 0.541. The molecule has 1 aromatic carbocycles. The Hall–Kier alpha value is -0.860. The van der Waals surface area contributed by atoms with Crippen molar-refractivity contribution < 1.29 is 33.8 Å². The van der Waals surface area contributed by atoms with Crippen molar-refractivity contribution in [2.24, 2.45) is 0 Å². The highest BCUT2D eigenvalue weighted by atomic mass is 35.7. The van der Waals surface area contributed by atoms with Crippen molar-refractivity contribution in [1.29, 1.82) is 0 Å². The molecule has 3 rings (SSSR count). The Morgan fingerprint density at radius 1 is 1.06 bits per heavy atom. The van der Waals surface area contributed by atoms with Crippen molar-refractivity contribution in [2.75, 3.05) is 0 Å². The molecule has 0 saturated carbocycles. The first-order chi connectivity index (χ1) is 7.95. The Kier molecular flexibility index (Phi) is 3.55. The normalized spacial score (nSPS) is 20.2. The van der Waals surface area contributed by atoms with Crippen molar-refractivity contribution in [1.82, 2.24) is 0 Å². The lowest BCUT2D eigenvalue weighted by molar-refractivity contribution is -2.00. The van der Waals surface area contributed by atoms with Crippen LogP contribution in [0.1, 0.15) is 0 Å². The van der Waals surface area contributed by atoms with E-state index >= 15 is 0 Å². The molecule has 0 aromatic heterocycles. The van der Waals surface area contributed by atoms with Crippen LogP contribution in [-0.2, 0) is 0 Å². The van der Waals surface area contributed by atoms with Crippen LogP contribution < -0.4 is 23.5 Å². The summed E-state index contributed by atoms with van der Waals surface area (Å²) < 4.78 is 34.0. The molecule has 0 bridgehead atoms. The number of nitrogens with one attached hydrogen (secondary N) is 1. The van der Waals surface area contributed by atoms with Crippen molar-refractivity contribution >= 4 is 17.4 Å². The number of thioether (sulfide) groups is 1. The Bertz CT molecular complexity index is 477. The number of quaternary nitrogens is 1. The van der Waals surface area contributed by atoms with Gasteiger partial charge in [0.1, 0.15) is 6.20 Å². The van der Waals surface area contributed by atoms with Crippen molar-refractivity contribution in [3.8, 4) is 0 Å². The lowest BCUT2D eigenvalue weighted by Crippen LogP contribution is -2.97. The van der Waals surface area contributed by atoms with Crippen LogP contribution in [0.2, 0.25) is 0 Å².